The highest BCUT2D eigenvalue weighted by molar-refractivity contribution is 9.10. The first-order valence-corrected chi connectivity index (χ1v) is 7.88. The predicted molar refractivity (Wildman–Crippen MR) is 79.5 cm³/mol. The summed E-state index contributed by atoms with van der Waals surface area (Å²) in [5.41, 5.74) is -0.126. The van der Waals surface area contributed by atoms with Gasteiger partial charge < -0.3 is 5.11 Å². The molecule has 1 aromatic carbocycles. The average Bonchev–Trinajstić information content (AvgIpc) is 2.33. The third kappa shape index (κ3) is 3.38. The smallest absolute Gasteiger partial charge is 0.127 e. The molecule has 19 heavy (non-hydrogen) atoms. The molecule has 0 amide bonds. The highest BCUT2D eigenvalue weighted by atomic mass is 79.9. The summed E-state index contributed by atoms with van der Waals surface area (Å²) in [5.74, 6) is 0.476. The van der Waals surface area contributed by atoms with Crippen LogP contribution in [0, 0.1) is 17.7 Å². The molecule has 1 aliphatic carbocycles. The number of rotatable bonds is 3. The minimum absolute atomic E-state index is 0.226. The number of hydrogen-bond donors (Lipinski definition) is 1. The van der Waals surface area contributed by atoms with E-state index >= 15 is 0 Å². The molecule has 3 heteroatoms. The summed E-state index contributed by atoms with van der Waals surface area (Å²) in [6.45, 7) is 4.30. The molecule has 0 radical (unpaired) electrons. The van der Waals surface area contributed by atoms with E-state index in [1.165, 1.54) is 12.5 Å². The lowest BCUT2D eigenvalue weighted by molar-refractivity contribution is -0.0657. The molecule has 0 heterocycles. The lowest BCUT2D eigenvalue weighted by Crippen LogP contribution is -2.45. The van der Waals surface area contributed by atoms with Crippen LogP contribution in [0.4, 0.5) is 4.39 Å². The van der Waals surface area contributed by atoms with Gasteiger partial charge in [0.2, 0.25) is 0 Å². The first-order valence-electron chi connectivity index (χ1n) is 7.09. The average molecular weight is 329 g/mol. The van der Waals surface area contributed by atoms with Crippen molar-refractivity contribution in [3.63, 3.8) is 0 Å². The van der Waals surface area contributed by atoms with Gasteiger partial charge in [-0.1, -0.05) is 48.7 Å². The molecule has 1 fully saturated rings. The molecule has 0 bridgehead atoms. The van der Waals surface area contributed by atoms with Crippen molar-refractivity contribution in [1.82, 2.24) is 0 Å². The zero-order valence-corrected chi connectivity index (χ0v) is 13.2. The third-order valence-corrected chi connectivity index (χ3v) is 4.87. The highest BCUT2D eigenvalue weighted by Crippen LogP contribution is 2.40. The van der Waals surface area contributed by atoms with Gasteiger partial charge in [-0.05, 0) is 42.4 Å². The van der Waals surface area contributed by atoms with Gasteiger partial charge in [0.15, 0.2) is 0 Å². The van der Waals surface area contributed by atoms with Crippen LogP contribution < -0.4 is 0 Å². The fourth-order valence-electron chi connectivity index (χ4n) is 3.42. The van der Waals surface area contributed by atoms with Crippen LogP contribution >= 0.6 is 15.9 Å². The number of benzene rings is 1. The van der Waals surface area contributed by atoms with Gasteiger partial charge in [0.05, 0.1) is 5.60 Å². The molecule has 2 atom stereocenters. The van der Waals surface area contributed by atoms with Gasteiger partial charge in [-0.2, -0.15) is 0 Å². The predicted octanol–water partition coefficient (Wildman–Crippen LogP) is 4.71. The van der Waals surface area contributed by atoms with E-state index in [1.54, 1.807) is 6.07 Å². The Morgan fingerprint density at radius 3 is 2.79 bits per heavy atom. The zero-order chi connectivity index (χ0) is 14.0. The van der Waals surface area contributed by atoms with Crippen LogP contribution in [0.5, 0.6) is 0 Å². The van der Waals surface area contributed by atoms with E-state index < -0.39 is 5.60 Å². The van der Waals surface area contributed by atoms with Crippen LogP contribution in [0.15, 0.2) is 22.7 Å². The van der Waals surface area contributed by atoms with Crippen molar-refractivity contribution in [2.75, 3.05) is 0 Å². The van der Waals surface area contributed by atoms with Crippen molar-refractivity contribution in [3.8, 4) is 0 Å². The summed E-state index contributed by atoms with van der Waals surface area (Å²) in [6, 6.07) is 5.10. The van der Waals surface area contributed by atoms with Crippen molar-refractivity contribution in [1.29, 1.82) is 0 Å². The fourth-order valence-corrected chi connectivity index (χ4v) is 3.75. The quantitative estimate of drug-likeness (QED) is 0.852. The molecule has 1 saturated carbocycles. The van der Waals surface area contributed by atoms with E-state index in [2.05, 4.69) is 29.8 Å². The molecular formula is C16H22BrFO. The first kappa shape index (κ1) is 15.0. The Morgan fingerprint density at radius 2 is 2.16 bits per heavy atom. The summed E-state index contributed by atoms with van der Waals surface area (Å²) < 4.78 is 14.7. The maximum Gasteiger partial charge on any atom is 0.127 e. The van der Waals surface area contributed by atoms with E-state index in [0.717, 1.165) is 23.7 Å². The summed E-state index contributed by atoms with van der Waals surface area (Å²) in [7, 11) is 0. The van der Waals surface area contributed by atoms with Crippen LogP contribution in [-0.2, 0) is 6.42 Å². The van der Waals surface area contributed by atoms with Gasteiger partial charge >= 0.3 is 0 Å². The van der Waals surface area contributed by atoms with Crippen LogP contribution in [0.25, 0.3) is 0 Å². The van der Waals surface area contributed by atoms with E-state index in [4.69, 9.17) is 0 Å². The largest absolute Gasteiger partial charge is 0.389 e. The summed E-state index contributed by atoms with van der Waals surface area (Å²) in [6.07, 6.45) is 4.47. The molecule has 106 valence electrons. The Hall–Kier alpha value is -0.410. The summed E-state index contributed by atoms with van der Waals surface area (Å²) >= 11 is 3.27. The molecule has 1 nitrogen and oxygen atoms in total. The van der Waals surface area contributed by atoms with Gasteiger partial charge in [0.25, 0.3) is 0 Å². The Labute approximate surface area is 123 Å². The van der Waals surface area contributed by atoms with E-state index in [1.807, 2.05) is 6.07 Å². The highest BCUT2D eigenvalue weighted by Gasteiger charge is 2.40. The molecule has 0 saturated heterocycles. The second-order valence-corrected chi connectivity index (χ2v) is 7.03. The normalized spacial score (nSPS) is 27.8. The molecule has 1 aliphatic rings. The second kappa shape index (κ2) is 5.92. The van der Waals surface area contributed by atoms with Crippen LogP contribution in [0.1, 0.15) is 45.1 Å². The van der Waals surface area contributed by atoms with Crippen molar-refractivity contribution < 1.29 is 9.50 Å². The molecular weight excluding hydrogens is 307 g/mol. The number of hydrogen-bond acceptors (Lipinski definition) is 1. The molecule has 1 N–H and O–H groups in total. The van der Waals surface area contributed by atoms with Gasteiger partial charge in [-0.25, -0.2) is 4.39 Å². The van der Waals surface area contributed by atoms with Crippen LogP contribution in [0.3, 0.4) is 0 Å². The molecule has 2 unspecified atom stereocenters. The minimum atomic E-state index is -0.749. The first-order chi connectivity index (χ1) is 8.92. The Balaban J connectivity index is 2.23. The van der Waals surface area contributed by atoms with Gasteiger partial charge in [-0.3, -0.25) is 0 Å². The SMILES string of the molecule is CC(C)C1CCCCC1(O)Cc1ccc(Br)cc1F. The number of halogens is 2. The van der Waals surface area contributed by atoms with Crippen molar-refractivity contribution in [3.05, 3.63) is 34.1 Å². The van der Waals surface area contributed by atoms with Gasteiger partial charge in [0, 0.05) is 10.9 Å². The van der Waals surface area contributed by atoms with Gasteiger partial charge in [-0.15, -0.1) is 0 Å². The summed E-state index contributed by atoms with van der Waals surface area (Å²) in [5, 5.41) is 11.0. The second-order valence-electron chi connectivity index (χ2n) is 6.11. The van der Waals surface area contributed by atoms with E-state index in [0.29, 0.717) is 17.9 Å². The van der Waals surface area contributed by atoms with Crippen LogP contribution in [-0.4, -0.2) is 10.7 Å². The zero-order valence-electron chi connectivity index (χ0n) is 11.6. The Morgan fingerprint density at radius 1 is 1.42 bits per heavy atom. The molecule has 1 aromatic rings. The topological polar surface area (TPSA) is 20.2 Å². The van der Waals surface area contributed by atoms with Crippen molar-refractivity contribution in [2.45, 2.75) is 51.6 Å². The van der Waals surface area contributed by atoms with Crippen molar-refractivity contribution >= 4 is 15.9 Å². The lowest BCUT2D eigenvalue weighted by atomic mass is 9.68. The molecule has 2 rings (SSSR count). The maximum absolute atomic E-state index is 14.0. The monoisotopic (exact) mass is 328 g/mol. The molecule has 0 spiro atoms. The minimum Gasteiger partial charge on any atom is -0.389 e. The molecule has 0 aromatic heterocycles. The number of aliphatic hydroxyl groups is 1. The molecule has 0 aliphatic heterocycles. The standard InChI is InChI=1S/C16H22BrFO/c1-11(2)14-5-3-4-8-16(14,19)10-12-6-7-13(17)9-15(12)18/h6-7,9,11,14,19H,3-5,8,10H2,1-2H3. The van der Waals surface area contributed by atoms with Crippen LogP contribution in [0.2, 0.25) is 0 Å². The van der Waals surface area contributed by atoms with Crippen molar-refractivity contribution in [2.24, 2.45) is 11.8 Å². The maximum atomic E-state index is 14.0. The summed E-state index contributed by atoms with van der Waals surface area (Å²) in [4.78, 5) is 0. The Bertz CT molecular complexity index is 446. The fraction of sp³-hybridized carbons (Fsp3) is 0.625. The van der Waals surface area contributed by atoms with Gasteiger partial charge in [0.1, 0.15) is 5.82 Å². The Kier molecular flexibility index (Phi) is 4.67. The third-order valence-electron chi connectivity index (χ3n) is 4.38. The lowest BCUT2D eigenvalue weighted by Gasteiger charge is -2.42. The van der Waals surface area contributed by atoms with E-state index in [-0.39, 0.29) is 11.7 Å². The van der Waals surface area contributed by atoms with E-state index in [9.17, 15) is 9.50 Å².